The molecule has 2 aromatic rings. The highest BCUT2D eigenvalue weighted by Crippen LogP contribution is 2.28. The molecule has 3 atom stereocenters. The van der Waals surface area contributed by atoms with E-state index in [0.29, 0.717) is 28.3 Å². The van der Waals surface area contributed by atoms with Crippen molar-refractivity contribution < 1.29 is 24.3 Å². The normalized spacial score (nSPS) is 16.5. The zero-order chi connectivity index (χ0) is 27.8. The number of carbonyl (C=O) groups is 4. The summed E-state index contributed by atoms with van der Waals surface area (Å²) in [6.07, 6.45) is 0.734. The Kier molecular flexibility index (Phi) is 10.3. The van der Waals surface area contributed by atoms with E-state index in [1.807, 2.05) is 36.6 Å². The number of aliphatic carboxylic acids is 1. The van der Waals surface area contributed by atoms with Gasteiger partial charge in [0.05, 0.1) is 17.4 Å². The van der Waals surface area contributed by atoms with Crippen LogP contribution in [-0.4, -0.2) is 89.0 Å². The lowest BCUT2D eigenvalue weighted by molar-refractivity contribution is -0.148. The summed E-state index contributed by atoms with van der Waals surface area (Å²) in [7, 11) is 1.41. The molecular weight excluding hydrogens is 526 g/mol. The van der Waals surface area contributed by atoms with E-state index in [-0.39, 0.29) is 12.2 Å². The number of benzodiazepines with no additional fused rings is 1. The van der Waals surface area contributed by atoms with Crippen molar-refractivity contribution in [3.8, 4) is 0 Å². The Labute approximate surface area is 231 Å². The predicted molar refractivity (Wildman–Crippen MR) is 152 cm³/mol. The van der Waals surface area contributed by atoms with Crippen molar-refractivity contribution in [2.24, 2.45) is 10.7 Å². The van der Waals surface area contributed by atoms with Crippen molar-refractivity contribution in [1.82, 2.24) is 10.2 Å². The van der Waals surface area contributed by atoms with Gasteiger partial charge in [-0.05, 0) is 24.5 Å². The molecule has 0 aromatic heterocycles. The second-order valence-corrected chi connectivity index (χ2v) is 9.98. The quantitative estimate of drug-likeness (QED) is 0.304. The second-order valence-electron chi connectivity index (χ2n) is 8.63. The smallest absolute Gasteiger partial charge is 0.326 e. The summed E-state index contributed by atoms with van der Waals surface area (Å²) in [6, 6.07) is 14.1. The largest absolute Gasteiger partial charge is 0.480 e. The third-order valence-corrected chi connectivity index (χ3v) is 7.14. The van der Waals surface area contributed by atoms with Gasteiger partial charge in [-0.1, -0.05) is 48.5 Å². The van der Waals surface area contributed by atoms with Crippen molar-refractivity contribution >= 4 is 59.5 Å². The number of carbonyl (C=O) groups excluding carboxylic acids is 3. The van der Waals surface area contributed by atoms with E-state index in [9.17, 15) is 24.3 Å². The van der Waals surface area contributed by atoms with E-state index < -0.39 is 48.5 Å². The number of thiol groups is 1. The number of nitrogens with zero attached hydrogens (tertiary/aromatic N) is 3. The minimum absolute atomic E-state index is 0.0574. The SMILES string of the molecule is CSCC[C@@H](C(=O)O)N(C)C(=O)CN1C(=O)C(NC(=O)C(N)CS)N=C(c2ccccc2)c2ccccc21. The van der Waals surface area contributed by atoms with E-state index in [1.54, 1.807) is 24.3 Å². The first-order chi connectivity index (χ1) is 18.2. The van der Waals surface area contributed by atoms with Gasteiger partial charge in [-0.15, -0.1) is 0 Å². The standard InChI is InChI=1S/C26H31N5O5S2/c1-30(20(26(35)36)12-13-38-2)21(32)14-31-19-11-7-6-10-17(19)22(16-8-4-3-5-9-16)28-23(25(31)34)29-24(33)18(27)15-37/h3-11,18,20,23,37H,12-15,27H2,1-2H3,(H,29,33)(H,35,36)/t18?,20-,23?/m0/s1. The highest BCUT2D eigenvalue weighted by molar-refractivity contribution is 7.98. The number of nitrogens with one attached hydrogen (secondary N) is 1. The number of benzene rings is 2. The zero-order valence-corrected chi connectivity index (χ0v) is 22.8. The minimum atomic E-state index is -1.37. The minimum Gasteiger partial charge on any atom is -0.480 e. The summed E-state index contributed by atoms with van der Waals surface area (Å²) in [6.45, 7) is -0.446. The number of likely N-dealkylation sites (N-methyl/N-ethyl adjacent to an activating group) is 1. The van der Waals surface area contributed by atoms with Crippen molar-refractivity contribution in [3.63, 3.8) is 0 Å². The number of fused-ring (bicyclic) bond motifs is 1. The van der Waals surface area contributed by atoms with E-state index in [2.05, 4.69) is 22.9 Å². The molecule has 12 heteroatoms. The van der Waals surface area contributed by atoms with Crippen molar-refractivity contribution in [2.45, 2.75) is 24.7 Å². The third kappa shape index (κ3) is 6.74. The monoisotopic (exact) mass is 557 g/mol. The number of anilines is 1. The lowest BCUT2D eigenvalue weighted by Crippen LogP contribution is -2.54. The molecule has 1 heterocycles. The lowest BCUT2D eigenvalue weighted by atomic mass is 10.0. The van der Waals surface area contributed by atoms with Crippen LogP contribution in [0, 0.1) is 0 Å². The lowest BCUT2D eigenvalue weighted by Gasteiger charge is -2.30. The molecule has 2 aromatic carbocycles. The van der Waals surface area contributed by atoms with Crippen LogP contribution in [0.1, 0.15) is 17.5 Å². The molecule has 0 aliphatic carbocycles. The first-order valence-corrected chi connectivity index (χ1v) is 13.9. The number of carboxylic acid groups (broad SMARTS) is 1. The van der Waals surface area contributed by atoms with Crippen molar-refractivity contribution in [1.29, 1.82) is 0 Å². The highest BCUT2D eigenvalue weighted by Gasteiger charge is 2.36. The Morgan fingerprint density at radius 3 is 2.47 bits per heavy atom. The van der Waals surface area contributed by atoms with Crippen LogP contribution in [0.2, 0.25) is 0 Å². The summed E-state index contributed by atoms with van der Waals surface area (Å²) >= 11 is 5.54. The van der Waals surface area contributed by atoms with Crippen LogP contribution >= 0.6 is 24.4 Å². The molecular formula is C26H31N5O5S2. The van der Waals surface area contributed by atoms with Gasteiger partial charge < -0.3 is 21.1 Å². The molecule has 1 aliphatic heterocycles. The molecule has 10 nitrogen and oxygen atoms in total. The Balaban J connectivity index is 2.05. The molecule has 0 spiro atoms. The van der Waals surface area contributed by atoms with Crippen LogP contribution in [0.25, 0.3) is 0 Å². The zero-order valence-electron chi connectivity index (χ0n) is 21.1. The van der Waals surface area contributed by atoms with Crippen molar-refractivity contribution in [3.05, 3.63) is 65.7 Å². The number of hydrogen-bond acceptors (Lipinski definition) is 8. The Morgan fingerprint density at radius 2 is 1.84 bits per heavy atom. The van der Waals surface area contributed by atoms with E-state index in [0.717, 1.165) is 4.90 Å². The maximum Gasteiger partial charge on any atom is 0.326 e. The average Bonchev–Trinajstić information content (AvgIpc) is 3.03. The Hall–Kier alpha value is -3.35. The molecule has 0 radical (unpaired) electrons. The Morgan fingerprint density at radius 1 is 1.18 bits per heavy atom. The van der Waals surface area contributed by atoms with Crippen LogP contribution < -0.4 is 16.0 Å². The van der Waals surface area contributed by atoms with Gasteiger partial charge in [0, 0.05) is 23.9 Å². The molecule has 0 bridgehead atoms. The third-order valence-electron chi connectivity index (χ3n) is 6.10. The number of carboxylic acids is 1. The molecule has 4 N–H and O–H groups in total. The Bertz CT molecular complexity index is 1210. The van der Waals surface area contributed by atoms with Gasteiger partial charge in [0.15, 0.2) is 0 Å². The van der Waals surface area contributed by atoms with Crippen LogP contribution in [0.15, 0.2) is 59.6 Å². The van der Waals surface area contributed by atoms with Gasteiger partial charge in [0.2, 0.25) is 18.0 Å². The van der Waals surface area contributed by atoms with Gasteiger partial charge in [0.25, 0.3) is 5.91 Å². The van der Waals surface area contributed by atoms with Crippen molar-refractivity contribution in [2.75, 3.05) is 36.3 Å². The summed E-state index contributed by atoms with van der Waals surface area (Å²) in [5, 5.41) is 12.3. The maximum atomic E-state index is 13.8. The van der Waals surface area contributed by atoms with Crippen LogP contribution in [-0.2, 0) is 19.2 Å². The number of para-hydroxylation sites is 1. The number of hydrogen-bond donors (Lipinski definition) is 4. The fourth-order valence-corrected chi connectivity index (χ4v) is 4.59. The van der Waals surface area contributed by atoms with E-state index >= 15 is 0 Å². The van der Waals surface area contributed by atoms with Crippen LogP contribution in [0.4, 0.5) is 5.69 Å². The van der Waals surface area contributed by atoms with E-state index in [4.69, 9.17) is 5.73 Å². The first-order valence-electron chi connectivity index (χ1n) is 11.9. The van der Waals surface area contributed by atoms with Gasteiger partial charge in [-0.25, -0.2) is 9.79 Å². The highest BCUT2D eigenvalue weighted by atomic mass is 32.2. The predicted octanol–water partition coefficient (Wildman–Crippen LogP) is 1.23. The molecule has 2 unspecified atom stereocenters. The maximum absolute atomic E-state index is 13.8. The average molecular weight is 558 g/mol. The number of rotatable bonds is 11. The van der Waals surface area contributed by atoms with Gasteiger partial charge in [-0.3, -0.25) is 19.3 Å². The summed E-state index contributed by atoms with van der Waals surface area (Å²) < 4.78 is 0. The fraction of sp³-hybridized carbons (Fsp3) is 0.346. The fourth-order valence-electron chi connectivity index (χ4n) is 3.97. The molecule has 1 aliphatic rings. The van der Waals surface area contributed by atoms with Crippen LogP contribution in [0.5, 0.6) is 0 Å². The summed E-state index contributed by atoms with van der Waals surface area (Å²) in [5.74, 6) is -2.36. The molecule has 0 fully saturated rings. The topological polar surface area (TPSA) is 145 Å². The van der Waals surface area contributed by atoms with E-state index in [1.165, 1.54) is 23.7 Å². The van der Waals surface area contributed by atoms with Gasteiger partial charge in [0.1, 0.15) is 12.6 Å². The molecule has 0 saturated heterocycles. The molecule has 3 rings (SSSR count). The van der Waals surface area contributed by atoms with Crippen LogP contribution in [0.3, 0.4) is 0 Å². The summed E-state index contributed by atoms with van der Waals surface area (Å²) in [4.78, 5) is 58.7. The number of aliphatic imine (C=N–C) groups is 1. The number of nitrogens with two attached hydrogens (primary N) is 1. The molecule has 202 valence electrons. The second kappa shape index (κ2) is 13.4. The summed E-state index contributed by atoms with van der Waals surface area (Å²) in [5.41, 5.74) is 7.97. The molecule has 3 amide bonds. The molecule has 0 saturated carbocycles. The first kappa shape index (κ1) is 29.2. The number of amides is 3. The number of thioether (sulfide) groups is 1. The molecule has 38 heavy (non-hydrogen) atoms. The van der Waals surface area contributed by atoms with Gasteiger partial charge >= 0.3 is 5.97 Å². The van der Waals surface area contributed by atoms with Gasteiger partial charge in [-0.2, -0.15) is 24.4 Å².